The van der Waals surface area contributed by atoms with Gasteiger partial charge in [-0.2, -0.15) is 0 Å². The third-order valence-electron chi connectivity index (χ3n) is 14.0. The lowest BCUT2D eigenvalue weighted by Gasteiger charge is -2.74. The molecular weight excluding hydrogens is 448 g/mol. The van der Waals surface area contributed by atoms with Gasteiger partial charge in [-0.05, 0) is 117 Å². The predicted molar refractivity (Wildman–Crippen MR) is 143 cm³/mol. The number of esters is 1. The molecule has 4 fully saturated rings. The van der Waals surface area contributed by atoms with Gasteiger partial charge in [-0.15, -0.1) is 0 Å². The zero-order valence-corrected chi connectivity index (χ0v) is 24.5. The minimum Gasteiger partial charge on any atom is -0.462 e. The van der Waals surface area contributed by atoms with Crippen molar-refractivity contribution in [2.75, 3.05) is 0 Å². The van der Waals surface area contributed by atoms with E-state index in [0.717, 1.165) is 19.3 Å². The van der Waals surface area contributed by atoms with Gasteiger partial charge in [-0.3, -0.25) is 10.1 Å². The maximum absolute atomic E-state index is 11.9. The first-order valence-corrected chi connectivity index (χ1v) is 14.8. The highest BCUT2D eigenvalue weighted by molar-refractivity contribution is 5.66. The number of ether oxygens (including phenoxy) is 1. The second kappa shape index (κ2) is 8.07. The van der Waals surface area contributed by atoms with Gasteiger partial charge in [0.1, 0.15) is 11.7 Å². The summed E-state index contributed by atoms with van der Waals surface area (Å²) in [7, 11) is 0. The molecular formula is C32H52O4. The monoisotopic (exact) mass is 500 g/mol. The Hall–Kier alpha value is -0.870. The van der Waals surface area contributed by atoms with E-state index < -0.39 is 5.60 Å². The van der Waals surface area contributed by atoms with Crippen LogP contribution in [0.15, 0.2) is 11.6 Å². The molecule has 0 aliphatic heterocycles. The number of allylic oxidation sites excluding steroid dienone is 1. The number of carbonyl (C=O) groups is 1. The molecule has 0 bridgehead atoms. The van der Waals surface area contributed by atoms with Crippen LogP contribution < -0.4 is 0 Å². The summed E-state index contributed by atoms with van der Waals surface area (Å²) in [5.41, 5.74) is 1.52. The molecule has 4 heteroatoms. The molecule has 0 heterocycles. The topological polar surface area (TPSA) is 55.8 Å². The van der Waals surface area contributed by atoms with Gasteiger partial charge in [0, 0.05) is 18.3 Å². The van der Waals surface area contributed by atoms with Crippen LogP contribution in [0.5, 0.6) is 0 Å². The Kier molecular flexibility index (Phi) is 5.99. The average molecular weight is 501 g/mol. The van der Waals surface area contributed by atoms with E-state index >= 15 is 0 Å². The molecule has 5 rings (SSSR count). The highest BCUT2D eigenvalue weighted by Gasteiger charge is 2.71. The van der Waals surface area contributed by atoms with Crippen molar-refractivity contribution >= 4 is 5.97 Å². The number of hydrogen-bond acceptors (Lipinski definition) is 4. The fourth-order valence-electron chi connectivity index (χ4n) is 11.8. The maximum atomic E-state index is 11.9. The van der Waals surface area contributed by atoms with E-state index in [1.54, 1.807) is 6.92 Å². The molecule has 5 aliphatic rings. The lowest BCUT2D eigenvalue weighted by atomic mass is 9.31. The van der Waals surface area contributed by atoms with Crippen LogP contribution in [0, 0.1) is 50.7 Å². The Labute approximate surface area is 219 Å². The van der Waals surface area contributed by atoms with E-state index in [1.165, 1.54) is 44.1 Å². The molecule has 204 valence electrons. The lowest BCUT2D eigenvalue weighted by Crippen LogP contribution is -2.69. The molecule has 0 amide bonds. The maximum Gasteiger partial charge on any atom is 0.302 e. The van der Waals surface area contributed by atoms with Crippen LogP contribution in [0.4, 0.5) is 0 Å². The highest BCUT2D eigenvalue weighted by atomic mass is 17.1. The van der Waals surface area contributed by atoms with Crippen molar-refractivity contribution in [2.45, 2.75) is 132 Å². The Morgan fingerprint density at radius 2 is 1.58 bits per heavy atom. The molecule has 0 spiro atoms. The third kappa shape index (κ3) is 3.22. The quantitative estimate of drug-likeness (QED) is 0.180. The van der Waals surface area contributed by atoms with Gasteiger partial charge in [-0.1, -0.05) is 47.6 Å². The third-order valence-corrected chi connectivity index (χ3v) is 14.0. The van der Waals surface area contributed by atoms with E-state index in [1.807, 2.05) is 0 Å². The Bertz CT molecular complexity index is 954. The second-order valence-corrected chi connectivity index (χ2v) is 15.5. The van der Waals surface area contributed by atoms with Gasteiger partial charge >= 0.3 is 5.97 Å². The minimum absolute atomic E-state index is 0.00251. The molecule has 0 radical (unpaired) electrons. The van der Waals surface area contributed by atoms with Gasteiger partial charge < -0.3 is 4.74 Å². The lowest BCUT2D eigenvalue weighted by molar-refractivity contribution is -0.352. The van der Waals surface area contributed by atoms with Crippen molar-refractivity contribution in [3.63, 3.8) is 0 Å². The SMILES string of the molecule is CC(=O)O[C@H]1CC[C@@]2(C)C(CC[C@]3(C)[C@@H]2CC[C@@H]2C4C(C)(OO)C(C)=CC[C@]4(C)CC[C@]23C)C1(C)C. The van der Waals surface area contributed by atoms with E-state index in [4.69, 9.17) is 9.62 Å². The second-order valence-electron chi connectivity index (χ2n) is 15.5. The normalized spacial score (nSPS) is 53.7. The summed E-state index contributed by atoms with van der Waals surface area (Å²) in [5, 5.41) is 10.3. The Morgan fingerprint density at radius 1 is 0.889 bits per heavy atom. The largest absolute Gasteiger partial charge is 0.462 e. The summed E-state index contributed by atoms with van der Waals surface area (Å²) < 4.78 is 5.90. The van der Waals surface area contributed by atoms with Crippen LogP contribution >= 0.6 is 0 Å². The van der Waals surface area contributed by atoms with Crippen molar-refractivity contribution in [2.24, 2.45) is 50.7 Å². The van der Waals surface area contributed by atoms with Crippen molar-refractivity contribution in [3.05, 3.63) is 11.6 Å². The highest BCUT2D eigenvalue weighted by Crippen LogP contribution is 2.77. The molecule has 1 N–H and O–H groups in total. The smallest absolute Gasteiger partial charge is 0.302 e. The summed E-state index contributed by atoms with van der Waals surface area (Å²) in [6.45, 7) is 20.9. The molecule has 3 unspecified atom stereocenters. The summed E-state index contributed by atoms with van der Waals surface area (Å²) in [4.78, 5) is 17.4. The fourth-order valence-corrected chi connectivity index (χ4v) is 11.8. The van der Waals surface area contributed by atoms with Crippen molar-refractivity contribution < 1.29 is 19.7 Å². The fraction of sp³-hybridized carbons (Fsp3) is 0.906. The van der Waals surface area contributed by atoms with Crippen LogP contribution in [0.2, 0.25) is 0 Å². The molecule has 10 atom stereocenters. The van der Waals surface area contributed by atoms with Gasteiger partial charge in [0.05, 0.1) is 0 Å². The zero-order valence-electron chi connectivity index (χ0n) is 24.5. The summed E-state index contributed by atoms with van der Waals surface area (Å²) in [6, 6.07) is 0. The van der Waals surface area contributed by atoms with Gasteiger partial charge in [0.25, 0.3) is 0 Å². The van der Waals surface area contributed by atoms with Crippen LogP contribution in [0.3, 0.4) is 0 Å². The number of carbonyl (C=O) groups excluding carboxylic acids is 1. The van der Waals surface area contributed by atoms with Gasteiger partial charge in [-0.25, -0.2) is 4.89 Å². The number of hydrogen-bond donors (Lipinski definition) is 1. The predicted octanol–water partition coefficient (Wildman–Crippen LogP) is 8.21. The van der Waals surface area contributed by atoms with Crippen molar-refractivity contribution in [3.8, 4) is 0 Å². The molecule has 4 saturated carbocycles. The number of fused-ring (bicyclic) bond motifs is 7. The molecule has 0 aromatic carbocycles. The summed E-state index contributed by atoms with van der Waals surface area (Å²) >= 11 is 0. The Balaban J connectivity index is 1.53. The molecule has 0 aromatic heterocycles. The van der Waals surface area contributed by atoms with Crippen molar-refractivity contribution in [1.29, 1.82) is 0 Å². The first-order chi connectivity index (χ1) is 16.6. The molecule has 36 heavy (non-hydrogen) atoms. The molecule has 0 aromatic rings. The zero-order chi connectivity index (χ0) is 26.5. The molecule has 5 aliphatic carbocycles. The van der Waals surface area contributed by atoms with E-state index in [0.29, 0.717) is 23.7 Å². The number of rotatable bonds is 2. The first-order valence-electron chi connectivity index (χ1n) is 14.8. The molecule has 4 nitrogen and oxygen atoms in total. The molecule has 0 saturated heterocycles. The van der Waals surface area contributed by atoms with Crippen molar-refractivity contribution in [1.82, 2.24) is 0 Å². The first kappa shape index (κ1) is 26.7. The average Bonchev–Trinajstić information content (AvgIpc) is 2.79. The minimum atomic E-state index is -0.603. The summed E-state index contributed by atoms with van der Waals surface area (Å²) in [6.07, 6.45) is 13.0. The van der Waals surface area contributed by atoms with Crippen LogP contribution in [-0.2, 0) is 14.4 Å². The van der Waals surface area contributed by atoms with Crippen LogP contribution in [-0.4, -0.2) is 22.9 Å². The standard InChI is InChI=1S/C32H52O4/c1-20-12-15-28(5)18-19-30(7)22(26(28)32(20,9)36-34)10-11-24-29(6)16-14-25(35-21(2)33)27(3,4)23(29)13-17-31(24,30)8/h12,22-26,34H,10-11,13-19H2,1-9H3/t22-,23?,24-,25+,26?,28-,29+,30-,31-,32?/m1/s1. The Morgan fingerprint density at radius 3 is 2.22 bits per heavy atom. The van der Waals surface area contributed by atoms with E-state index in [9.17, 15) is 10.1 Å². The van der Waals surface area contributed by atoms with Gasteiger partial charge in [0.2, 0.25) is 0 Å². The van der Waals surface area contributed by atoms with E-state index in [-0.39, 0.29) is 39.1 Å². The van der Waals surface area contributed by atoms with Crippen LogP contribution in [0.25, 0.3) is 0 Å². The van der Waals surface area contributed by atoms with Crippen LogP contribution in [0.1, 0.15) is 120 Å². The van der Waals surface area contributed by atoms with Gasteiger partial charge in [0.15, 0.2) is 0 Å². The summed E-state index contributed by atoms with van der Waals surface area (Å²) in [5.74, 6) is 1.98. The van der Waals surface area contributed by atoms with E-state index in [2.05, 4.69) is 61.5 Å².